The summed E-state index contributed by atoms with van der Waals surface area (Å²) in [5, 5.41) is 19.0. The highest BCUT2D eigenvalue weighted by Gasteiger charge is 2.19. The van der Waals surface area contributed by atoms with Crippen LogP contribution >= 0.6 is 0 Å². The second-order valence-corrected chi connectivity index (χ2v) is 34.2. The second kappa shape index (κ2) is 44.1. The van der Waals surface area contributed by atoms with E-state index in [9.17, 15) is 8.42 Å². The van der Waals surface area contributed by atoms with Crippen LogP contribution in [0.1, 0.15) is 89.3 Å². The van der Waals surface area contributed by atoms with Crippen LogP contribution in [-0.2, 0) is 48.5 Å². The first-order valence-electron chi connectivity index (χ1n) is 44.0. The van der Waals surface area contributed by atoms with Crippen molar-refractivity contribution >= 4 is 32.4 Å². The zero-order chi connectivity index (χ0) is 90.1. The molecule has 666 valence electrons. The molecule has 24 nitrogen and oxygen atoms in total. The highest BCUT2D eigenvalue weighted by Crippen LogP contribution is 2.33. The number of sulfone groups is 1. The van der Waals surface area contributed by atoms with Gasteiger partial charge in [0.25, 0.3) is 0 Å². The summed E-state index contributed by atoms with van der Waals surface area (Å²) >= 11 is 0. The Labute approximate surface area is 760 Å². The lowest BCUT2D eigenvalue weighted by atomic mass is 10.1. The molecule has 0 unspecified atom stereocenters. The van der Waals surface area contributed by atoms with Gasteiger partial charge >= 0.3 is 0 Å². The molecular weight excluding hydrogens is 1650 g/mol. The molecule has 0 N–H and O–H groups in total. The van der Waals surface area contributed by atoms with E-state index in [1.54, 1.807) is 59.8 Å². The number of fused-ring (bicyclic) bond motifs is 4. The number of aromatic nitrogens is 12. The van der Waals surface area contributed by atoms with Gasteiger partial charge in [0.05, 0.1) is 63.2 Å². The van der Waals surface area contributed by atoms with E-state index < -0.39 is 9.84 Å². The lowest BCUT2D eigenvalue weighted by Gasteiger charge is -2.16. The fraction of sp³-hybridized carbons (Fsp3) is 0.257. The molecule has 0 atom stereocenters. The molecular formula is C105H111N15O9S. The highest BCUT2D eigenvalue weighted by atomic mass is 32.2. The molecule has 25 heteroatoms. The van der Waals surface area contributed by atoms with Crippen LogP contribution in [0.4, 0.5) is 0 Å². The standard InChI is InChI=1S/C31H32N4O.C27H30N4O3.C26H30N4O2.C21H19N3O3S/c1-34(23-26-8-4-3-5-9-26)21-7-10-24-13-15-25(16-14-24)22-30-32-31-12-6-11-29(35(31)33-30)27-17-19-28(36-2)20-18-27;1-32-22-11-9-21(10-12-22)23-6-5-7-27-28-26(29-31(23)27)19-20-8-13-24(25(18-20)33-2)34-17-16-30-14-3-4-15-30;1-4-16-29(2)17-18-32-23-12-8-20(9-13-23)19-25-27-26-7-5-6-24(30(26)28-25)21-10-14-22(31-3)15-11-21;1-27-17-10-8-16(9-11-17)19-4-3-5-21-22-20(23-24(19)21)14-15-6-12-18(13-7-15)28(2,25)26/h3-6,8-9,11-20H,7,10,21-23H2,1-2H3;5-13,18H,3-4,14-17,19H2,1-2H3;5-15H,4,16-19H2,1-3H3;3-13H,14H2,1-2H3. The normalized spacial score (nSPS) is 12.1. The molecule has 0 radical (unpaired) electrons. The second-order valence-electron chi connectivity index (χ2n) is 32.2. The van der Waals surface area contributed by atoms with Gasteiger partial charge in [0.1, 0.15) is 42.0 Å². The van der Waals surface area contributed by atoms with E-state index in [0.29, 0.717) is 49.6 Å². The van der Waals surface area contributed by atoms with Crippen molar-refractivity contribution in [1.29, 1.82) is 0 Å². The Morgan fingerprint density at radius 3 is 1.12 bits per heavy atom. The third-order valence-corrected chi connectivity index (χ3v) is 23.8. The van der Waals surface area contributed by atoms with Crippen molar-refractivity contribution in [3.63, 3.8) is 0 Å². The number of rotatable bonds is 34. The first kappa shape index (κ1) is 90.7. The van der Waals surface area contributed by atoms with Gasteiger partial charge in [-0.2, -0.15) is 20.4 Å². The van der Waals surface area contributed by atoms with Gasteiger partial charge in [0, 0.05) is 73.8 Å². The van der Waals surface area contributed by atoms with Crippen LogP contribution in [0.25, 0.3) is 67.6 Å². The lowest BCUT2D eigenvalue weighted by Crippen LogP contribution is -2.25. The van der Waals surface area contributed by atoms with Crippen molar-refractivity contribution in [1.82, 2.24) is 73.1 Å². The summed E-state index contributed by atoms with van der Waals surface area (Å²) in [4.78, 5) is 26.3. The predicted octanol–water partition coefficient (Wildman–Crippen LogP) is 18.7. The van der Waals surface area contributed by atoms with Crippen LogP contribution in [-0.4, -0.2) is 190 Å². The van der Waals surface area contributed by atoms with Gasteiger partial charge in [-0.1, -0.05) is 116 Å². The van der Waals surface area contributed by atoms with Gasteiger partial charge in [0.15, 0.2) is 67.2 Å². The number of pyridine rings is 4. The topological polar surface area (TPSA) is 229 Å². The summed E-state index contributed by atoms with van der Waals surface area (Å²) in [6.45, 7) is 10.9. The minimum atomic E-state index is -3.20. The molecule has 130 heavy (non-hydrogen) atoms. The first-order chi connectivity index (χ1) is 63.5. The van der Waals surface area contributed by atoms with E-state index in [-0.39, 0.29) is 0 Å². The maximum absolute atomic E-state index is 11.6. The highest BCUT2D eigenvalue weighted by molar-refractivity contribution is 7.90. The number of likely N-dealkylation sites (N-methyl/N-ethyl adjacent to an activating group) is 1. The molecule has 1 saturated heterocycles. The number of likely N-dealkylation sites (tertiary alicyclic amines) is 1. The predicted molar refractivity (Wildman–Crippen MR) is 512 cm³/mol. The summed E-state index contributed by atoms with van der Waals surface area (Å²) < 4.78 is 69.3. The van der Waals surface area contributed by atoms with E-state index in [2.05, 4.69) is 131 Å². The van der Waals surface area contributed by atoms with Crippen molar-refractivity contribution in [3.05, 3.63) is 348 Å². The summed E-state index contributed by atoms with van der Waals surface area (Å²) in [6, 6.07) is 96.4. The largest absolute Gasteiger partial charge is 0.497 e. The summed E-state index contributed by atoms with van der Waals surface area (Å²) in [5.41, 5.74) is 18.6. The van der Waals surface area contributed by atoms with Crippen LogP contribution in [0.5, 0.6) is 40.2 Å². The maximum Gasteiger partial charge on any atom is 0.175 e. The Bertz CT molecular complexity index is 6610. The molecule has 9 aromatic carbocycles. The van der Waals surface area contributed by atoms with Crippen molar-refractivity contribution in [3.8, 4) is 85.3 Å². The number of ether oxygens (including phenoxy) is 7. The van der Waals surface area contributed by atoms with E-state index in [0.717, 1.165) is 194 Å². The van der Waals surface area contributed by atoms with Crippen molar-refractivity contribution in [2.24, 2.45) is 0 Å². The number of hydrogen-bond donors (Lipinski definition) is 0. The fourth-order valence-electron chi connectivity index (χ4n) is 15.7. The Morgan fingerprint density at radius 1 is 0.346 bits per heavy atom. The third kappa shape index (κ3) is 24.2. The molecule has 17 aromatic rings. The van der Waals surface area contributed by atoms with Crippen molar-refractivity contribution in [2.75, 3.05) is 108 Å². The molecule has 18 rings (SSSR count). The molecule has 9 heterocycles. The van der Waals surface area contributed by atoms with Gasteiger partial charge in [-0.25, -0.2) is 46.4 Å². The summed E-state index contributed by atoms with van der Waals surface area (Å²) in [7, 11) is 9.45. The molecule has 1 aliphatic heterocycles. The number of benzene rings is 9. The summed E-state index contributed by atoms with van der Waals surface area (Å²) in [6.07, 6.45) is 9.67. The van der Waals surface area contributed by atoms with Crippen LogP contribution in [0.3, 0.4) is 0 Å². The molecule has 0 bridgehead atoms. The number of hydrogen-bond acceptors (Lipinski definition) is 20. The molecule has 1 fully saturated rings. The van der Waals surface area contributed by atoms with E-state index in [4.69, 9.17) is 63.4 Å². The quantitative estimate of drug-likeness (QED) is 0.0365. The Hall–Kier alpha value is -14.1. The Kier molecular flexibility index (Phi) is 30.7. The number of aryl methyl sites for hydroxylation is 1. The zero-order valence-electron chi connectivity index (χ0n) is 75.2. The van der Waals surface area contributed by atoms with Crippen LogP contribution in [0.15, 0.2) is 296 Å². The minimum Gasteiger partial charge on any atom is -0.497 e. The Balaban J connectivity index is 0.000000133. The molecule has 0 spiro atoms. The van der Waals surface area contributed by atoms with Crippen LogP contribution in [0, 0.1) is 0 Å². The van der Waals surface area contributed by atoms with Gasteiger partial charge in [-0.15, -0.1) is 0 Å². The van der Waals surface area contributed by atoms with E-state index >= 15 is 0 Å². The van der Waals surface area contributed by atoms with E-state index in [1.807, 2.05) is 200 Å². The number of methoxy groups -OCH3 is 5. The SMILES string of the molecule is CCCN(C)CCOc1ccc(Cc2nc3cccc(-c4ccc(OC)cc4)n3n2)cc1.COc1ccc(-c2cccc3nc(Cc4ccc(CCCN(C)Cc5ccccc5)cc4)nn23)cc1.COc1ccc(-c2cccc3nc(Cc4ccc(OCCN5CCCC5)c(OC)c4)nn23)cc1.COc1ccc(-c2cccc3nc(Cc4ccc(S(C)(=O)=O)cc4)nn23)cc1. The monoisotopic (exact) mass is 1760 g/mol. The first-order valence-corrected chi connectivity index (χ1v) is 45.9. The fourth-order valence-corrected chi connectivity index (χ4v) is 16.3. The third-order valence-electron chi connectivity index (χ3n) is 22.6. The van der Waals surface area contributed by atoms with Crippen LogP contribution in [0.2, 0.25) is 0 Å². The van der Waals surface area contributed by atoms with Gasteiger partial charge in [-0.05, 0) is 288 Å². The Morgan fingerprint density at radius 2 is 0.723 bits per heavy atom. The van der Waals surface area contributed by atoms with Gasteiger partial charge in [0.2, 0.25) is 0 Å². The van der Waals surface area contributed by atoms with Gasteiger partial charge in [-0.3, -0.25) is 4.90 Å². The average Bonchev–Trinajstić information content (AvgIpc) is 1.67. The van der Waals surface area contributed by atoms with Crippen LogP contribution < -0.4 is 33.2 Å². The lowest BCUT2D eigenvalue weighted by molar-refractivity contribution is 0.230. The van der Waals surface area contributed by atoms with Gasteiger partial charge < -0.3 is 43.0 Å². The molecule has 1 aliphatic rings. The number of nitrogens with zero attached hydrogens (tertiary/aromatic N) is 15. The summed E-state index contributed by atoms with van der Waals surface area (Å²) in [5.74, 6) is 8.75. The smallest absolute Gasteiger partial charge is 0.175 e. The van der Waals surface area contributed by atoms with Crippen molar-refractivity contribution < 1.29 is 41.6 Å². The zero-order valence-corrected chi connectivity index (χ0v) is 76.0. The average molecular weight is 1760 g/mol. The minimum absolute atomic E-state index is 0.306. The molecule has 0 saturated carbocycles. The molecule has 8 aromatic heterocycles. The molecule has 0 aliphatic carbocycles. The molecule has 0 amide bonds. The van der Waals surface area contributed by atoms with E-state index in [1.165, 1.54) is 48.9 Å². The van der Waals surface area contributed by atoms with Crippen molar-refractivity contribution in [2.45, 2.75) is 76.2 Å². The maximum atomic E-state index is 11.6.